The van der Waals surface area contributed by atoms with Crippen LogP contribution in [0.5, 0.6) is 17.2 Å². The average Bonchev–Trinajstić information content (AvgIpc) is 3.52. The van der Waals surface area contributed by atoms with Crippen molar-refractivity contribution in [3.8, 4) is 33.6 Å². The molecular formula is C22H18N4O4S. The number of ether oxygens (including phenoxy) is 3. The van der Waals surface area contributed by atoms with Crippen molar-refractivity contribution >= 4 is 23.1 Å². The minimum atomic E-state index is -0.239. The Kier molecular flexibility index (Phi) is 4.79. The molecule has 4 aromatic rings. The summed E-state index contributed by atoms with van der Waals surface area (Å²) in [5.41, 5.74) is 2.99. The molecule has 0 saturated carbocycles. The van der Waals surface area contributed by atoms with Crippen molar-refractivity contribution in [2.24, 2.45) is 0 Å². The van der Waals surface area contributed by atoms with E-state index in [1.54, 1.807) is 36.1 Å². The molecule has 1 aliphatic heterocycles. The van der Waals surface area contributed by atoms with Crippen molar-refractivity contribution in [3.05, 3.63) is 65.2 Å². The summed E-state index contributed by atoms with van der Waals surface area (Å²) in [6.45, 7) is 2.09. The maximum absolute atomic E-state index is 12.7. The lowest BCUT2D eigenvalue weighted by atomic mass is 10.1. The lowest BCUT2D eigenvalue weighted by Gasteiger charge is -2.07. The number of anilines is 1. The lowest BCUT2D eigenvalue weighted by molar-refractivity contribution is 0.102. The molecule has 0 atom stereocenters. The predicted octanol–water partition coefficient (Wildman–Crippen LogP) is 4.29. The van der Waals surface area contributed by atoms with Crippen LogP contribution in [0.15, 0.2) is 53.9 Å². The highest BCUT2D eigenvalue weighted by molar-refractivity contribution is 7.12. The number of carbonyl (C=O) groups is 1. The number of carbonyl (C=O) groups excluding carboxylic acids is 1. The molecule has 3 heterocycles. The zero-order chi connectivity index (χ0) is 21.4. The first-order chi connectivity index (χ1) is 15.1. The molecule has 9 heteroatoms. The Hall–Kier alpha value is -3.85. The number of aromatic nitrogens is 3. The van der Waals surface area contributed by atoms with E-state index >= 15 is 0 Å². The molecule has 0 bridgehead atoms. The number of nitrogens with zero attached hydrogens (tertiary/aromatic N) is 3. The molecule has 0 unspecified atom stereocenters. The van der Waals surface area contributed by atoms with Crippen molar-refractivity contribution in [3.63, 3.8) is 0 Å². The second-order valence-electron chi connectivity index (χ2n) is 6.85. The van der Waals surface area contributed by atoms with Crippen LogP contribution in [-0.2, 0) is 0 Å². The van der Waals surface area contributed by atoms with E-state index < -0.39 is 0 Å². The van der Waals surface area contributed by atoms with Gasteiger partial charge in [-0.3, -0.25) is 4.79 Å². The third-order valence-corrected chi connectivity index (χ3v) is 5.58. The molecule has 0 fully saturated rings. The van der Waals surface area contributed by atoms with Crippen molar-refractivity contribution < 1.29 is 19.0 Å². The highest BCUT2D eigenvalue weighted by Crippen LogP contribution is 2.36. The predicted molar refractivity (Wildman–Crippen MR) is 116 cm³/mol. The van der Waals surface area contributed by atoms with Crippen LogP contribution >= 0.6 is 11.3 Å². The van der Waals surface area contributed by atoms with Crippen LogP contribution < -0.4 is 19.5 Å². The van der Waals surface area contributed by atoms with Gasteiger partial charge in [-0.25, -0.2) is 4.98 Å². The van der Waals surface area contributed by atoms with E-state index in [2.05, 4.69) is 10.4 Å². The molecule has 2 aromatic heterocycles. The SMILES string of the molecule is COc1ccc(C(=O)Nc2cc(C)nn2-c2nc(-c3ccc4c(c3)OCO4)cs2)cc1. The molecule has 8 nitrogen and oxygen atoms in total. The van der Waals surface area contributed by atoms with Crippen LogP contribution in [0.4, 0.5) is 5.82 Å². The number of nitrogens with one attached hydrogen (secondary N) is 1. The zero-order valence-electron chi connectivity index (χ0n) is 16.8. The summed E-state index contributed by atoms with van der Waals surface area (Å²) in [5.74, 6) is 2.43. The first-order valence-electron chi connectivity index (χ1n) is 9.49. The standard InChI is InChI=1S/C22H18N4O4S/c1-13-9-20(24-21(27)14-3-6-16(28-2)7-4-14)26(25-13)22-23-17(11-31-22)15-5-8-18-19(10-15)30-12-29-18/h3-11H,12H2,1-2H3,(H,24,27). The minimum absolute atomic E-state index is 0.227. The molecule has 0 spiro atoms. The third kappa shape index (κ3) is 3.71. The highest BCUT2D eigenvalue weighted by atomic mass is 32.1. The molecule has 0 aliphatic carbocycles. The molecule has 0 radical (unpaired) electrons. The van der Waals surface area contributed by atoms with Crippen molar-refractivity contribution in [2.45, 2.75) is 6.92 Å². The van der Waals surface area contributed by atoms with Gasteiger partial charge < -0.3 is 19.5 Å². The minimum Gasteiger partial charge on any atom is -0.497 e. The normalized spacial score (nSPS) is 12.1. The van der Waals surface area contributed by atoms with E-state index in [9.17, 15) is 4.79 Å². The van der Waals surface area contributed by atoms with Gasteiger partial charge in [-0.05, 0) is 49.4 Å². The van der Waals surface area contributed by atoms with Crippen LogP contribution in [0.3, 0.4) is 0 Å². The summed E-state index contributed by atoms with van der Waals surface area (Å²) in [6.07, 6.45) is 0. The van der Waals surface area contributed by atoms with E-state index in [-0.39, 0.29) is 12.7 Å². The van der Waals surface area contributed by atoms with Gasteiger partial charge in [-0.1, -0.05) is 0 Å². The van der Waals surface area contributed by atoms with E-state index in [1.165, 1.54) is 11.3 Å². The Bertz CT molecular complexity index is 1260. The molecule has 1 amide bonds. The quantitative estimate of drug-likeness (QED) is 0.504. The number of amides is 1. The smallest absolute Gasteiger partial charge is 0.256 e. The summed E-state index contributed by atoms with van der Waals surface area (Å²) in [4.78, 5) is 17.4. The highest BCUT2D eigenvalue weighted by Gasteiger charge is 2.18. The summed E-state index contributed by atoms with van der Waals surface area (Å²) in [7, 11) is 1.59. The van der Waals surface area contributed by atoms with Crippen LogP contribution in [0.2, 0.25) is 0 Å². The van der Waals surface area contributed by atoms with Gasteiger partial charge in [-0.2, -0.15) is 9.78 Å². The third-order valence-electron chi connectivity index (χ3n) is 4.77. The molecule has 31 heavy (non-hydrogen) atoms. The van der Waals surface area contributed by atoms with Crippen molar-refractivity contribution in [1.29, 1.82) is 0 Å². The molecule has 2 aromatic carbocycles. The van der Waals surface area contributed by atoms with Crippen LogP contribution in [-0.4, -0.2) is 34.6 Å². The molecule has 1 N–H and O–H groups in total. The van der Waals surface area contributed by atoms with Gasteiger partial charge in [0.1, 0.15) is 11.6 Å². The van der Waals surface area contributed by atoms with Crippen molar-refractivity contribution in [2.75, 3.05) is 19.2 Å². The molecular weight excluding hydrogens is 416 g/mol. The summed E-state index contributed by atoms with van der Waals surface area (Å²) in [5, 5.41) is 10.0. The topological polar surface area (TPSA) is 87.5 Å². The van der Waals surface area contributed by atoms with E-state index in [0.29, 0.717) is 28.0 Å². The molecule has 0 saturated heterocycles. The van der Waals surface area contributed by atoms with Gasteiger partial charge in [0.2, 0.25) is 11.9 Å². The fourth-order valence-electron chi connectivity index (χ4n) is 3.22. The van der Waals surface area contributed by atoms with Gasteiger partial charge in [-0.15, -0.1) is 11.3 Å². The van der Waals surface area contributed by atoms with E-state index in [1.807, 2.05) is 36.6 Å². The first kappa shape index (κ1) is 19.1. The van der Waals surface area contributed by atoms with E-state index in [0.717, 1.165) is 22.7 Å². The average molecular weight is 434 g/mol. The second-order valence-corrected chi connectivity index (χ2v) is 7.69. The van der Waals surface area contributed by atoms with Gasteiger partial charge >= 0.3 is 0 Å². The first-order valence-corrected chi connectivity index (χ1v) is 10.4. The van der Waals surface area contributed by atoms with Gasteiger partial charge in [0.05, 0.1) is 18.5 Å². The maximum Gasteiger partial charge on any atom is 0.256 e. The lowest BCUT2D eigenvalue weighted by Crippen LogP contribution is -2.15. The number of aryl methyl sites for hydroxylation is 1. The maximum atomic E-state index is 12.7. The molecule has 1 aliphatic rings. The summed E-state index contributed by atoms with van der Waals surface area (Å²) >= 11 is 1.44. The number of thiazole rings is 1. The van der Waals surface area contributed by atoms with Crippen molar-refractivity contribution in [1.82, 2.24) is 14.8 Å². The summed E-state index contributed by atoms with van der Waals surface area (Å²) < 4.78 is 17.6. The monoisotopic (exact) mass is 434 g/mol. The van der Waals surface area contributed by atoms with Crippen LogP contribution in [0.25, 0.3) is 16.4 Å². The Morgan fingerprint density at radius 2 is 1.94 bits per heavy atom. The number of hydrogen-bond acceptors (Lipinski definition) is 7. The van der Waals surface area contributed by atoms with E-state index in [4.69, 9.17) is 19.2 Å². The Morgan fingerprint density at radius 1 is 1.13 bits per heavy atom. The van der Waals surface area contributed by atoms with Crippen LogP contribution in [0, 0.1) is 6.92 Å². The largest absolute Gasteiger partial charge is 0.497 e. The van der Waals surface area contributed by atoms with Gasteiger partial charge in [0, 0.05) is 22.6 Å². The number of rotatable bonds is 5. The van der Waals surface area contributed by atoms with Gasteiger partial charge in [0.15, 0.2) is 11.5 Å². The fourth-order valence-corrected chi connectivity index (χ4v) is 4.01. The Morgan fingerprint density at radius 3 is 2.74 bits per heavy atom. The fraction of sp³-hybridized carbons (Fsp3) is 0.136. The van der Waals surface area contributed by atoms with Crippen LogP contribution in [0.1, 0.15) is 16.1 Å². The Labute approximate surface area is 182 Å². The summed E-state index contributed by atoms with van der Waals surface area (Å²) in [6, 6.07) is 14.4. The number of hydrogen-bond donors (Lipinski definition) is 1. The van der Waals surface area contributed by atoms with Gasteiger partial charge in [0.25, 0.3) is 5.91 Å². The Balaban J connectivity index is 1.41. The number of methoxy groups -OCH3 is 1. The number of benzene rings is 2. The molecule has 5 rings (SSSR count). The molecule has 156 valence electrons. The number of fused-ring (bicyclic) bond motifs is 1. The second kappa shape index (κ2) is 7.77. The zero-order valence-corrected chi connectivity index (χ0v) is 17.6.